The number of nitrogens with zero attached hydrogens (tertiary/aromatic N) is 2. The van der Waals surface area contributed by atoms with Crippen molar-refractivity contribution < 1.29 is 0 Å². The lowest BCUT2D eigenvalue weighted by Crippen LogP contribution is -2.25. The summed E-state index contributed by atoms with van der Waals surface area (Å²) in [6.07, 6.45) is 1.07. The molecule has 0 fully saturated rings. The van der Waals surface area contributed by atoms with Crippen molar-refractivity contribution >= 4 is 15.9 Å². The number of benzene rings is 1. The molecule has 18 heavy (non-hydrogen) atoms. The van der Waals surface area contributed by atoms with E-state index in [-0.39, 0.29) is 12.0 Å². The number of nitrogens with one attached hydrogen (secondary N) is 1. The molecule has 0 unspecified atom stereocenters. The van der Waals surface area contributed by atoms with Crippen molar-refractivity contribution in [1.29, 1.82) is 10.5 Å². The molecule has 1 N–H and O–H groups in total. The molecule has 0 bridgehead atoms. The van der Waals surface area contributed by atoms with Crippen molar-refractivity contribution in [2.24, 2.45) is 5.92 Å². The average molecular weight is 306 g/mol. The molecule has 0 aromatic heterocycles. The maximum atomic E-state index is 8.97. The lowest BCUT2D eigenvalue weighted by Gasteiger charge is -2.16. The number of nitriles is 2. The molecule has 0 aliphatic heterocycles. The van der Waals surface area contributed by atoms with Gasteiger partial charge in [0.05, 0.1) is 18.1 Å². The number of hydrogen-bond acceptors (Lipinski definition) is 3. The van der Waals surface area contributed by atoms with Gasteiger partial charge in [0, 0.05) is 23.5 Å². The van der Waals surface area contributed by atoms with Gasteiger partial charge >= 0.3 is 0 Å². The lowest BCUT2D eigenvalue weighted by molar-refractivity contribution is 0.490. The second-order valence-electron chi connectivity index (χ2n) is 4.21. The van der Waals surface area contributed by atoms with Crippen LogP contribution >= 0.6 is 15.9 Å². The first kappa shape index (κ1) is 14.7. The Morgan fingerprint density at radius 3 is 2.78 bits per heavy atom. The van der Waals surface area contributed by atoms with Crippen LogP contribution in [0.5, 0.6) is 0 Å². The Labute approximate surface area is 117 Å². The summed E-state index contributed by atoms with van der Waals surface area (Å²) >= 11 is 3.44. The summed E-state index contributed by atoms with van der Waals surface area (Å²) in [6, 6.07) is 12.6. The van der Waals surface area contributed by atoms with Crippen LogP contribution in [0.25, 0.3) is 0 Å². The Kier molecular flexibility index (Phi) is 6.43. The van der Waals surface area contributed by atoms with Gasteiger partial charge in [-0.3, -0.25) is 0 Å². The first-order valence-electron chi connectivity index (χ1n) is 5.92. The zero-order valence-corrected chi connectivity index (χ0v) is 11.9. The standard InChI is InChI=1S/C14H16BrN3/c1-11(13-5-2-6-14(15)8-13)18-10-12(9-17)4-3-7-16/h2,5-6,8,11-12,18H,3-4,10H2,1H3/t11-,12-/m1/s1. The van der Waals surface area contributed by atoms with Crippen LogP contribution in [0.3, 0.4) is 0 Å². The van der Waals surface area contributed by atoms with Gasteiger partial charge in [-0.1, -0.05) is 28.1 Å². The van der Waals surface area contributed by atoms with Crippen LogP contribution < -0.4 is 5.32 Å². The van der Waals surface area contributed by atoms with Crippen molar-refractivity contribution in [3.05, 3.63) is 34.3 Å². The van der Waals surface area contributed by atoms with Crippen LogP contribution in [0.4, 0.5) is 0 Å². The van der Waals surface area contributed by atoms with Crippen molar-refractivity contribution in [3.63, 3.8) is 0 Å². The largest absolute Gasteiger partial charge is 0.309 e. The summed E-state index contributed by atoms with van der Waals surface area (Å²) in [5.74, 6) is -0.0979. The van der Waals surface area contributed by atoms with Gasteiger partial charge in [-0.2, -0.15) is 10.5 Å². The van der Waals surface area contributed by atoms with Crippen LogP contribution in [-0.2, 0) is 0 Å². The van der Waals surface area contributed by atoms with Crippen molar-refractivity contribution in [1.82, 2.24) is 5.32 Å². The van der Waals surface area contributed by atoms with Crippen LogP contribution in [-0.4, -0.2) is 6.54 Å². The molecule has 0 aliphatic rings. The van der Waals surface area contributed by atoms with Gasteiger partial charge in [0.2, 0.25) is 0 Å². The molecule has 2 atom stereocenters. The van der Waals surface area contributed by atoms with Crippen LogP contribution in [0.15, 0.2) is 28.7 Å². The SMILES string of the molecule is C[C@@H](NC[C@@H](C#N)CCC#N)c1cccc(Br)c1. The Morgan fingerprint density at radius 1 is 1.39 bits per heavy atom. The topological polar surface area (TPSA) is 59.6 Å². The molecule has 4 heteroatoms. The molecular formula is C14H16BrN3. The Morgan fingerprint density at radius 2 is 2.17 bits per heavy atom. The van der Waals surface area contributed by atoms with Crippen molar-refractivity contribution in [2.75, 3.05) is 6.54 Å². The van der Waals surface area contributed by atoms with Gasteiger partial charge in [0.15, 0.2) is 0 Å². The summed E-state index contributed by atoms with van der Waals surface area (Å²) in [5.41, 5.74) is 1.18. The first-order chi connectivity index (χ1) is 8.67. The number of hydrogen-bond donors (Lipinski definition) is 1. The summed E-state index contributed by atoms with van der Waals surface area (Å²) in [6.45, 7) is 2.69. The normalized spacial score (nSPS) is 13.3. The molecule has 1 aromatic rings. The molecule has 94 valence electrons. The molecule has 0 radical (unpaired) electrons. The van der Waals surface area contributed by atoms with Crippen molar-refractivity contribution in [3.8, 4) is 12.1 Å². The van der Waals surface area contributed by atoms with Gasteiger partial charge < -0.3 is 5.32 Å². The fourth-order valence-electron chi connectivity index (χ4n) is 1.66. The van der Waals surface area contributed by atoms with E-state index in [2.05, 4.69) is 52.4 Å². The van der Waals surface area contributed by atoms with E-state index in [0.29, 0.717) is 19.4 Å². The van der Waals surface area contributed by atoms with Gasteiger partial charge in [0.1, 0.15) is 0 Å². The highest BCUT2D eigenvalue weighted by Crippen LogP contribution is 2.18. The fourth-order valence-corrected chi connectivity index (χ4v) is 2.08. The predicted molar refractivity (Wildman–Crippen MR) is 74.5 cm³/mol. The fraction of sp³-hybridized carbons (Fsp3) is 0.429. The quantitative estimate of drug-likeness (QED) is 0.874. The average Bonchev–Trinajstić information content (AvgIpc) is 2.38. The van der Waals surface area contributed by atoms with E-state index < -0.39 is 0 Å². The third kappa shape index (κ3) is 4.87. The molecule has 0 aliphatic carbocycles. The molecule has 3 nitrogen and oxygen atoms in total. The minimum Gasteiger partial charge on any atom is -0.309 e. The monoisotopic (exact) mass is 305 g/mol. The Bertz CT molecular complexity index is 459. The van der Waals surface area contributed by atoms with Crippen LogP contribution in [0.2, 0.25) is 0 Å². The second kappa shape index (κ2) is 7.87. The summed E-state index contributed by atoms with van der Waals surface area (Å²) in [4.78, 5) is 0. The molecule has 0 heterocycles. The summed E-state index contributed by atoms with van der Waals surface area (Å²) < 4.78 is 1.05. The molecular weight excluding hydrogens is 290 g/mol. The van der Waals surface area contributed by atoms with Gasteiger partial charge in [-0.05, 0) is 31.0 Å². The number of rotatable bonds is 6. The molecule has 1 aromatic carbocycles. The van der Waals surface area contributed by atoms with E-state index in [1.807, 2.05) is 12.1 Å². The van der Waals surface area contributed by atoms with E-state index in [0.717, 1.165) is 4.47 Å². The van der Waals surface area contributed by atoms with Crippen molar-refractivity contribution in [2.45, 2.75) is 25.8 Å². The van der Waals surface area contributed by atoms with E-state index in [1.54, 1.807) is 0 Å². The predicted octanol–water partition coefficient (Wildman–Crippen LogP) is 3.54. The smallest absolute Gasteiger partial charge is 0.0669 e. The highest BCUT2D eigenvalue weighted by molar-refractivity contribution is 9.10. The maximum absolute atomic E-state index is 8.97. The highest BCUT2D eigenvalue weighted by atomic mass is 79.9. The van der Waals surface area contributed by atoms with Gasteiger partial charge in [-0.15, -0.1) is 0 Å². The van der Waals surface area contributed by atoms with Crippen LogP contribution in [0, 0.1) is 28.6 Å². The minimum absolute atomic E-state index is 0.0979. The van der Waals surface area contributed by atoms with E-state index in [1.165, 1.54) is 5.56 Å². The van der Waals surface area contributed by atoms with E-state index >= 15 is 0 Å². The summed E-state index contributed by atoms with van der Waals surface area (Å²) in [7, 11) is 0. The Hall–Kier alpha value is -1.36. The molecule has 1 rings (SSSR count). The Balaban J connectivity index is 2.48. The molecule has 0 spiro atoms. The minimum atomic E-state index is -0.0979. The molecule has 0 saturated carbocycles. The third-order valence-corrected chi connectivity index (χ3v) is 3.30. The van der Waals surface area contributed by atoms with E-state index in [9.17, 15) is 0 Å². The lowest BCUT2D eigenvalue weighted by atomic mass is 10.0. The highest BCUT2D eigenvalue weighted by Gasteiger charge is 2.10. The first-order valence-corrected chi connectivity index (χ1v) is 6.72. The number of halogens is 1. The maximum Gasteiger partial charge on any atom is 0.0669 e. The van der Waals surface area contributed by atoms with Crippen LogP contribution in [0.1, 0.15) is 31.4 Å². The van der Waals surface area contributed by atoms with Gasteiger partial charge in [0.25, 0.3) is 0 Å². The molecule has 0 amide bonds. The second-order valence-corrected chi connectivity index (χ2v) is 5.12. The zero-order valence-electron chi connectivity index (χ0n) is 10.4. The zero-order chi connectivity index (χ0) is 13.4. The molecule has 0 saturated heterocycles. The van der Waals surface area contributed by atoms with E-state index in [4.69, 9.17) is 10.5 Å². The third-order valence-electron chi connectivity index (χ3n) is 2.81. The van der Waals surface area contributed by atoms with Gasteiger partial charge in [-0.25, -0.2) is 0 Å². The summed E-state index contributed by atoms with van der Waals surface area (Å²) in [5, 5.41) is 20.8.